The van der Waals surface area contributed by atoms with E-state index in [1.165, 1.54) is 0 Å². The summed E-state index contributed by atoms with van der Waals surface area (Å²) in [6, 6.07) is 0. The molecule has 0 aliphatic rings. The lowest BCUT2D eigenvalue weighted by Gasteiger charge is -2.26. The number of phosphoric acid groups is 2. The summed E-state index contributed by atoms with van der Waals surface area (Å²) in [5.41, 5.74) is 5.50. The van der Waals surface area contributed by atoms with E-state index in [0.29, 0.717) is 25.8 Å². The summed E-state index contributed by atoms with van der Waals surface area (Å²) in [7, 11) is -16.3. The Morgan fingerprint density at radius 2 is 0.955 bits per heavy atom. The van der Waals surface area contributed by atoms with Crippen LogP contribution in [0.4, 0.5) is 0 Å². The van der Waals surface area contributed by atoms with E-state index in [4.69, 9.17) is 52.6 Å². The van der Waals surface area contributed by atoms with Crippen LogP contribution < -0.4 is 10.6 Å². The van der Waals surface area contributed by atoms with Crippen molar-refractivity contribution in [1.29, 1.82) is 0 Å². The second-order valence-electron chi connectivity index (χ2n) is 9.05. The molecule has 0 saturated heterocycles. The minimum absolute atomic E-state index is 0.0479. The smallest absolute Gasteiger partial charge is 0.472 e. The van der Waals surface area contributed by atoms with Crippen molar-refractivity contribution in [1.82, 2.24) is 0 Å². The molecule has 5 atom stereocenters. The highest BCUT2D eigenvalue weighted by atomic mass is 31.2. The van der Waals surface area contributed by atoms with E-state index in [0.717, 1.165) is 13.3 Å². The predicted molar refractivity (Wildman–Crippen MR) is 154 cm³/mol. The standard InChI is InChI=1S/C21H49NO18P4/c1-41(23,24)35-15-11-31-7-9-33-13-17-37-43(27,28)39-19-21(5-3-4-6-22)20-40-44(29,30)38-18-14-34-10-8-32-12-16-36-42(2,25)26/h21H,3-20,22H2,1-2H3,(H,23,24)(H,25,26)(H,27,28)(H,29,30)/p-1. The molecular weight excluding hydrogens is 678 g/mol. The van der Waals surface area contributed by atoms with Crippen LogP contribution >= 0.6 is 30.8 Å². The number of ether oxygens (including phenoxy) is 4. The van der Waals surface area contributed by atoms with Crippen molar-refractivity contribution in [3.05, 3.63) is 0 Å². The fourth-order valence-corrected chi connectivity index (χ4v) is 5.23. The molecule has 0 rings (SSSR count). The molecule has 266 valence electrons. The van der Waals surface area contributed by atoms with Crippen molar-refractivity contribution in [3.8, 4) is 0 Å². The van der Waals surface area contributed by atoms with Gasteiger partial charge in [0.05, 0.1) is 92.5 Å². The number of hydrogen-bond acceptors (Lipinski definition) is 16. The van der Waals surface area contributed by atoms with E-state index in [-0.39, 0.29) is 92.5 Å². The van der Waals surface area contributed by atoms with E-state index >= 15 is 0 Å². The molecule has 5 unspecified atom stereocenters. The first-order valence-corrected chi connectivity index (χ1v) is 20.7. The van der Waals surface area contributed by atoms with Gasteiger partial charge in [-0.2, -0.15) is 0 Å². The van der Waals surface area contributed by atoms with Gasteiger partial charge in [0, 0.05) is 19.2 Å². The normalized spacial score (nSPS) is 18.2. The van der Waals surface area contributed by atoms with Crippen LogP contribution in [0.3, 0.4) is 0 Å². The molecule has 0 heterocycles. The Morgan fingerprint density at radius 3 is 1.39 bits per heavy atom. The molecule has 0 amide bonds. The molecule has 0 aromatic rings. The maximum absolute atomic E-state index is 12.2. The van der Waals surface area contributed by atoms with Crippen LogP contribution in [0.15, 0.2) is 0 Å². The second kappa shape index (κ2) is 25.4. The third-order valence-electron chi connectivity index (χ3n) is 4.83. The van der Waals surface area contributed by atoms with Gasteiger partial charge in [-0.25, -0.2) is 4.57 Å². The highest BCUT2D eigenvalue weighted by Crippen LogP contribution is 2.44. The monoisotopic (exact) mass is 726 g/mol. The van der Waals surface area contributed by atoms with Crippen LogP contribution in [0.5, 0.6) is 0 Å². The topological polar surface area (TPSA) is 270 Å². The minimum Gasteiger partial charge on any atom is -0.756 e. The highest BCUT2D eigenvalue weighted by molar-refractivity contribution is 7.52. The number of hydrogen-bond donors (Lipinski definition) is 4. The first kappa shape index (κ1) is 44.3. The van der Waals surface area contributed by atoms with E-state index in [1.54, 1.807) is 0 Å². The van der Waals surface area contributed by atoms with Crippen LogP contribution in [-0.4, -0.2) is 127 Å². The Morgan fingerprint density at radius 1 is 0.568 bits per heavy atom. The molecule has 0 spiro atoms. The third-order valence-corrected chi connectivity index (χ3v) is 8.10. The van der Waals surface area contributed by atoms with Gasteiger partial charge >= 0.3 is 23.0 Å². The maximum Gasteiger partial charge on any atom is 0.472 e. The van der Waals surface area contributed by atoms with E-state index < -0.39 is 36.8 Å². The summed E-state index contributed by atoms with van der Waals surface area (Å²) < 4.78 is 95.6. The zero-order chi connectivity index (χ0) is 33.4. The van der Waals surface area contributed by atoms with Gasteiger partial charge in [-0.15, -0.1) is 0 Å². The molecule has 0 aliphatic carbocycles. The second-order valence-corrected chi connectivity index (χ2v) is 15.6. The largest absolute Gasteiger partial charge is 0.756 e. The van der Waals surface area contributed by atoms with Crippen molar-refractivity contribution in [3.63, 3.8) is 0 Å². The molecule has 44 heavy (non-hydrogen) atoms. The van der Waals surface area contributed by atoms with Crippen LogP contribution in [0, 0.1) is 5.92 Å². The van der Waals surface area contributed by atoms with Crippen molar-refractivity contribution in [2.75, 3.05) is 112 Å². The Hall–Kier alpha value is 0.320. The molecule has 23 heteroatoms. The molecule has 0 radical (unpaired) electrons. The van der Waals surface area contributed by atoms with Crippen molar-refractivity contribution in [2.45, 2.75) is 19.3 Å². The molecule has 0 fully saturated rings. The van der Waals surface area contributed by atoms with E-state index in [1.807, 2.05) is 0 Å². The van der Waals surface area contributed by atoms with Crippen molar-refractivity contribution < 1.29 is 83.9 Å². The summed E-state index contributed by atoms with van der Waals surface area (Å²) in [4.78, 5) is 40.0. The zero-order valence-electron chi connectivity index (χ0n) is 25.1. The summed E-state index contributed by atoms with van der Waals surface area (Å²) >= 11 is 0. The Labute approximate surface area is 258 Å². The Kier molecular flexibility index (Phi) is 25.5. The Bertz CT molecular complexity index is 836. The number of rotatable bonds is 32. The van der Waals surface area contributed by atoms with Crippen LogP contribution in [0.1, 0.15) is 19.3 Å². The first-order chi connectivity index (χ1) is 20.6. The zero-order valence-corrected chi connectivity index (χ0v) is 28.7. The number of phosphoric ester groups is 2. The number of unbranched alkanes of at least 4 members (excludes halogenated alkanes) is 1. The summed E-state index contributed by atoms with van der Waals surface area (Å²) in [5, 5.41) is 0. The summed E-state index contributed by atoms with van der Waals surface area (Å²) in [6.07, 6.45) is 1.62. The van der Waals surface area contributed by atoms with Gasteiger partial charge in [0.2, 0.25) is 0 Å². The highest BCUT2D eigenvalue weighted by Gasteiger charge is 2.24. The van der Waals surface area contributed by atoms with Gasteiger partial charge in [-0.05, 0) is 19.4 Å². The van der Waals surface area contributed by atoms with Gasteiger partial charge in [0.25, 0.3) is 7.82 Å². The predicted octanol–water partition coefficient (Wildman–Crippen LogP) is 1.10. The van der Waals surface area contributed by atoms with Gasteiger partial charge in [0.1, 0.15) is 0 Å². The quantitative estimate of drug-likeness (QED) is 0.0558. The average molecular weight is 727 g/mol. The fourth-order valence-electron chi connectivity index (χ4n) is 2.86. The van der Waals surface area contributed by atoms with Gasteiger partial charge in [0.15, 0.2) is 0 Å². The third kappa shape index (κ3) is 32.3. The lowest BCUT2D eigenvalue weighted by Crippen LogP contribution is -2.20. The van der Waals surface area contributed by atoms with Crippen LogP contribution in [0.25, 0.3) is 0 Å². The summed E-state index contributed by atoms with van der Waals surface area (Å²) in [6.45, 7) is 1.70. The van der Waals surface area contributed by atoms with Crippen LogP contribution in [-0.2, 0) is 64.4 Å². The van der Waals surface area contributed by atoms with Gasteiger partial charge < -0.3 is 62.3 Å². The van der Waals surface area contributed by atoms with E-state index in [9.17, 15) is 28.0 Å². The van der Waals surface area contributed by atoms with Gasteiger partial charge in [-0.1, -0.05) is 6.42 Å². The molecule has 0 aliphatic heterocycles. The molecule has 0 bridgehead atoms. The average Bonchev–Trinajstić information content (AvgIpc) is 2.90. The molecule has 0 saturated carbocycles. The lowest BCUT2D eigenvalue weighted by atomic mass is 10.0. The summed E-state index contributed by atoms with van der Waals surface area (Å²) in [5.74, 6) is -0.592. The molecule has 5 N–H and O–H groups in total. The first-order valence-electron chi connectivity index (χ1n) is 13.7. The molecule has 0 aromatic carbocycles. The maximum atomic E-state index is 12.2. The molecule has 19 nitrogen and oxygen atoms in total. The minimum atomic E-state index is -4.71. The number of nitrogens with two attached hydrogens (primary N) is 1. The van der Waals surface area contributed by atoms with Crippen molar-refractivity contribution >= 4 is 30.8 Å². The SMILES string of the molecule is CP(=O)(O)OCCOCCOCCOP(=O)([O-])OCC(CCCCN)COP(=O)(O)OCCOCCOCCOP(C)(=O)O. The van der Waals surface area contributed by atoms with Crippen LogP contribution in [0.2, 0.25) is 0 Å². The lowest BCUT2D eigenvalue weighted by molar-refractivity contribution is -0.227. The molecule has 0 aromatic heterocycles. The van der Waals surface area contributed by atoms with Gasteiger partial charge in [-0.3, -0.25) is 22.7 Å². The van der Waals surface area contributed by atoms with Crippen molar-refractivity contribution in [2.24, 2.45) is 11.7 Å². The molecular formula is C21H48NO18P4-. The fraction of sp³-hybridized carbons (Fsp3) is 1.00. The Balaban J connectivity index is 4.19. The van der Waals surface area contributed by atoms with E-state index in [2.05, 4.69) is 9.05 Å².